The van der Waals surface area contributed by atoms with E-state index in [4.69, 9.17) is 4.74 Å². The lowest BCUT2D eigenvalue weighted by molar-refractivity contribution is -0.145. The molecule has 2 heterocycles. The predicted molar refractivity (Wildman–Crippen MR) is 57.6 cm³/mol. The number of hydrogen-bond donors (Lipinski definition) is 1. The molecular formula is C11H20N2O2. The normalized spacial score (nSPS) is 33.5. The van der Waals surface area contributed by atoms with Gasteiger partial charge in [0.05, 0.1) is 7.11 Å². The fraction of sp³-hybridized carbons (Fsp3) is 0.909. The number of esters is 1. The Morgan fingerprint density at radius 2 is 2.33 bits per heavy atom. The lowest BCUT2D eigenvalue weighted by Crippen LogP contribution is -2.42. The van der Waals surface area contributed by atoms with Gasteiger partial charge in [0.2, 0.25) is 0 Å². The molecule has 0 aromatic rings. The molecule has 3 atom stereocenters. The standard InChI is InChI=1S/C11H20N2O2/c1-8(11(14)15-2)13-6-9-4-3-5-12-10(9)7-13/h8-10,12H,3-7H2,1-2H3/t8?,9-,10+/m0/s1. The van der Waals surface area contributed by atoms with E-state index in [1.807, 2.05) is 6.92 Å². The molecule has 4 heteroatoms. The molecule has 0 aliphatic carbocycles. The van der Waals surface area contributed by atoms with E-state index in [1.165, 1.54) is 20.0 Å². The quantitative estimate of drug-likeness (QED) is 0.665. The lowest BCUT2D eigenvalue weighted by atomic mass is 9.94. The van der Waals surface area contributed by atoms with Crippen LogP contribution in [0.4, 0.5) is 0 Å². The largest absolute Gasteiger partial charge is 0.468 e. The minimum absolute atomic E-state index is 0.0950. The SMILES string of the molecule is COC(=O)C(C)N1C[C@@H]2CCCN[C@@H]2C1. The number of carbonyl (C=O) groups is 1. The number of hydrogen-bond acceptors (Lipinski definition) is 4. The minimum Gasteiger partial charge on any atom is -0.468 e. The first-order valence-electron chi connectivity index (χ1n) is 5.77. The van der Waals surface area contributed by atoms with Crippen molar-refractivity contribution in [2.45, 2.75) is 31.8 Å². The van der Waals surface area contributed by atoms with Crippen LogP contribution in [0, 0.1) is 5.92 Å². The Balaban J connectivity index is 1.93. The van der Waals surface area contributed by atoms with Gasteiger partial charge in [-0.25, -0.2) is 0 Å². The molecule has 86 valence electrons. The highest BCUT2D eigenvalue weighted by Gasteiger charge is 2.37. The number of ether oxygens (including phenoxy) is 1. The Labute approximate surface area is 91.0 Å². The molecule has 0 spiro atoms. The summed E-state index contributed by atoms with van der Waals surface area (Å²) in [6.45, 7) is 5.08. The summed E-state index contributed by atoms with van der Waals surface area (Å²) in [6.07, 6.45) is 2.56. The summed E-state index contributed by atoms with van der Waals surface area (Å²) in [4.78, 5) is 13.7. The highest BCUT2D eigenvalue weighted by molar-refractivity contribution is 5.75. The zero-order chi connectivity index (χ0) is 10.8. The van der Waals surface area contributed by atoms with Crippen LogP contribution in [0.5, 0.6) is 0 Å². The summed E-state index contributed by atoms with van der Waals surface area (Å²) in [5.41, 5.74) is 0. The number of carbonyl (C=O) groups excluding carboxylic acids is 1. The maximum absolute atomic E-state index is 11.4. The van der Waals surface area contributed by atoms with Gasteiger partial charge in [-0.15, -0.1) is 0 Å². The van der Waals surface area contributed by atoms with Crippen molar-refractivity contribution >= 4 is 5.97 Å². The van der Waals surface area contributed by atoms with E-state index in [2.05, 4.69) is 10.2 Å². The Kier molecular flexibility index (Phi) is 3.26. The molecule has 2 rings (SSSR count). The number of piperidine rings is 1. The first-order chi connectivity index (χ1) is 7.22. The highest BCUT2D eigenvalue weighted by atomic mass is 16.5. The number of fused-ring (bicyclic) bond motifs is 1. The number of rotatable bonds is 2. The van der Waals surface area contributed by atoms with Crippen LogP contribution in [0.15, 0.2) is 0 Å². The maximum Gasteiger partial charge on any atom is 0.322 e. The monoisotopic (exact) mass is 212 g/mol. The second-order valence-corrected chi connectivity index (χ2v) is 4.62. The van der Waals surface area contributed by atoms with Crippen molar-refractivity contribution in [3.63, 3.8) is 0 Å². The molecule has 0 bridgehead atoms. The van der Waals surface area contributed by atoms with Crippen LogP contribution < -0.4 is 5.32 Å². The zero-order valence-electron chi connectivity index (χ0n) is 9.53. The number of methoxy groups -OCH3 is 1. The summed E-state index contributed by atoms with van der Waals surface area (Å²) in [5.74, 6) is 0.611. The topological polar surface area (TPSA) is 41.6 Å². The third-order valence-corrected chi connectivity index (χ3v) is 3.72. The first-order valence-corrected chi connectivity index (χ1v) is 5.77. The van der Waals surface area contributed by atoms with E-state index in [1.54, 1.807) is 0 Å². The maximum atomic E-state index is 11.4. The van der Waals surface area contributed by atoms with Crippen LogP contribution in [-0.4, -0.2) is 49.7 Å². The van der Waals surface area contributed by atoms with E-state index in [0.29, 0.717) is 6.04 Å². The third kappa shape index (κ3) is 2.16. The van der Waals surface area contributed by atoms with Crippen LogP contribution in [0.25, 0.3) is 0 Å². The average Bonchev–Trinajstić information content (AvgIpc) is 2.70. The van der Waals surface area contributed by atoms with Crippen molar-refractivity contribution in [3.05, 3.63) is 0 Å². The Morgan fingerprint density at radius 3 is 3.00 bits per heavy atom. The molecule has 0 aromatic carbocycles. The highest BCUT2D eigenvalue weighted by Crippen LogP contribution is 2.26. The van der Waals surface area contributed by atoms with Gasteiger partial charge in [0.25, 0.3) is 0 Å². The molecule has 4 nitrogen and oxygen atoms in total. The van der Waals surface area contributed by atoms with E-state index in [9.17, 15) is 4.79 Å². The van der Waals surface area contributed by atoms with Crippen molar-refractivity contribution in [1.82, 2.24) is 10.2 Å². The van der Waals surface area contributed by atoms with Crippen LogP contribution >= 0.6 is 0 Å². The van der Waals surface area contributed by atoms with Gasteiger partial charge in [0.1, 0.15) is 6.04 Å². The van der Waals surface area contributed by atoms with Gasteiger partial charge in [0, 0.05) is 19.1 Å². The van der Waals surface area contributed by atoms with E-state index >= 15 is 0 Å². The summed E-state index contributed by atoms with van der Waals surface area (Å²) in [7, 11) is 1.46. The second kappa shape index (κ2) is 4.49. The predicted octanol–water partition coefficient (Wildman–Crippen LogP) is 0.232. The fourth-order valence-corrected chi connectivity index (χ4v) is 2.72. The molecule has 2 fully saturated rings. The van der Waals surface area contributed by atoms with Gasteiger partial charge >= 0.3 is 5.97 Å². The summed E-state index contributed by atoms with van der Waals surface area (Å²) in [6, 6.07) is 0.494. The number of nitrogens with zero attached hydrogens (tertiary/aromatic N) is 1. The Hall–Kier alpha value is -0.610. The van der Waals surface area contributed by atoms with Crippen LogP contribution in [0.3, 0.4) is 0 Å². The number of likely N-dealkylation sites (tertiary alicyclic amines) is 1. The van der Waals surface area contributed by atoms with Gasteiger partial charge in [0.15, 0.2) is 0 Å². The smallest absolute Gasteiger partial charge is 0.322 e. The van der Waals surface area contributed by atoms with Crippen molar-refractivity contribution in [2.75, 3.05) is 26.7 Å². The van der Waals surface area contributed by atoms with Gasteiger partial charge in [-0.2, -0.15) is 0 Å². The molecular weight excluding hydrogens is 192 g/mol. The van der Waals surface area contributed by atoms with Crippen LogP contribution in [-0.2, 0) is 9.53 Å². The van der Waals surface area contributed by atoms with E-state index in [0.717, 1.165) is 25.6 Å². The molecule has 1 unspecified atom stereocenters. The van der Waals surface area contributed by atoms with E-state index < -0.39 is 0 Å². The molecule has 15 heavy (non-hydrogen) atoms. The second-order valence-electron chi connectivity index (χ2n) is 4.62. The Bertz CT molecular complexity index is 231. The molecule has 0 saturated carbocycles. The lowest BCUT2D eigenvalue weighted by Gasteiger charge is -2.24. The molecule has 2 aliphatic rings. The van der Waals surface area contributed by atoms with Gasteiger partial charge in [-0.1, -0.05) is 0 Å². The molecule has 0 aromatic heterocycles. The molecule has 0 radical (unpaired) electrons. The van der Waals surface area contributed by atoms with Crippen molar-refractivity contribution in [1.29, 1.82) is 0 Å². The summed E-state index contributed by atoms with van der Waals surface area (Å²) < 4.78 is 4.78. The summed E-state index contributed by atoms with van der Waals surface area (Å²) in [5, 5.41) is 3.53. The van der Waals surface area contributed by atoms with Crippen molar-refractivity contribution < 1.29 is 9.53 Å². The molecule has 0 amide bonds. The van der Waals surface area contributed by atoms with E-state index in [-0.39, 0.29) is 12.0 Å². The fourth-order valence-electron chi connectivity index (χ4n) is 2.72. The van der Waals surface area contributed by atoms with Crippen LogP contribution in [0.1, 0.15) is 19.8 Å². The summed E-state index contributed by atoms with van der Waals surface area (Å²) >= 11 is 0. The molecule has 2 saturated heterocycles. The van der Waals surface area contributed by atoms with Gasteiger partial charge in [-0.3, -0.25) is 9.69 Å². The van der Waals surface area contributed by atoms with Gasteiger partial charge in [-0.05, 0) is 32.2 Å². The average molecular weight is 212 g/mol. The third-order valence-electron chi connectivity index (χ3n) is 3.72. The zero-order valence-corrected chi connectivity index (χ0v) is 9.53. The first kappa shape index (κ1) is 10.9. The molecule has 2 aliphatic heterocycles. The minimum atomic E-state index is -0.117. The van der Waals surface area contributed by atoms with Crippen LogP contribution in [0.2, 0.25) is 0 Å². The molecule has 1 N–H and O–H groups in total. The van der Waals surface area contributed by atoms with Gasteiger partial charge < -0.3 is 10.1 Å². The van der Waals surface area contributed by atoms with Crippen molar-refractivity contribution in [2.24, 2.45) is 5.92 Å². The Morgan fingerprint density at radius 1 is 1.53 bits per heavy atom. The van der Waals surface area contributed by atoms with Crippen molar-refractivity contribution in [3.8, 4) is 0 Å². The number of nitrogens with one attached hydrogen (secondary N) is 1.